The van der Waals surface area contributed by atoms with E-state index in [1.165, 1.54) is 7.11 Å². The van der Waals surface area contributed by atoms with Gasteiger partial charge in [-0.2, -0.15) is 4.98 Å². The highest BCUT2D eigenvalue weighted by Crippen LogP contribution is 2.29. The molecular formula is C5H6N2O2S. The van der Waals surface area contributed by atoms with E-state index in [0.29, 0.717) is 5.19 Å². The van der Waals surface area contributed by atoms with Gasteiger partial charge in [-0.3, -0.25) is 0 Å². The molecule has 1 heterocycles. The number of aromatic nitrogens is 1. The van der Waals surface area contributed by atoms with Crippen LogP contribution in [0.2, 0.25) is 0 Å². The second kappa shape index (κ2) is 2.66. The molecular weight excluding hydrogens is 152 g/mol. The molecule has 0 aliphatic carbocycles. The number of thiazole rings is 1. The molecule has 0 atom stereocenters. The number of hydrogen-bond donors (Lipinski definition) is 2. The summed E-state index contributed by atoms with van der Waals surface area (Å²) in [5.74, 6) is 0. The Morgan fingerprint density at radius 2 is 2.50 bits per heavy atom. The number of ether oxygens (including phenoxy) is 1. The highest BCUT2D eigenvalue weighted by molar-refractivity contribution is 7.15. The lowest BCUT2D eigenvalue weighted by Gasteiger charge is -1.84. The number of rotatable bonds is 2. The van der Waals surface area contributed by atoms with Crippen molar-refractivity contribution in [2.24, 2.45) is 0 Å². The Morgan fingerprint density at radius 1 is 1.80 bits per heavy atom. The van der Waals surface area contributed by atoms with Gasteiger partial charge in [0.15, 0.2) is 0 Å². The molecule has 2 N–H and O–H groups in total. The molecule has 10 heavy (non-hydrogen) atoms. The van der Waals surface area contributed by atoms with Crippen LogP contribution in [0.5, 0.6) is 10.3 Å². The Kier molecular flexibility index (Phi) is 1.86. The van der Waals surface area contributed by atoms with Crippen LogP contribution < -0.4 is 4.74 Å². The summed E-state index contributed by atoms with van der Waals surface area (Å²) in [6.07, 6.45) is 0.981. The average molecular weight is 158 g/mol. The van der Waals surface area contributed by atoms with Crippen LogP contribution in [0.15, 0.2) is 0 Å². The largest absolute Gasteiger partial charge is 0.498 e. The maximum Gasteiger partial charge on any atom is 0.277 e. The summed E-state index contributed by atoms with van der Waals surface area (Å²) < 4.78 is 4.72. The lowest BCUT2D eigenvalue weighted by Crippen LogP contribution is -1.82. The van der Waals surface area contributed by atoms with Gasteiger partial charge in [0.2, 0.25) is 5.06 Å². The van der Waals surface area contributed by atoms with Crippen molar-refractivity contribution in [3.8, 4) is 10.3 Å². The fourth-order valence-electron chi connectivity index (χ4n) is 0.485. The first kappa shape index (κ1) is 7.01. The third-order valence-corrected chi connectivity index (χ3v) is 1.76. The van der Waals surface area contributed by atoms with Gasteiger partial charge in [-0.1, -0.05) is 0 Å². The van der Waals surface area contributed by atoms with Crippen molar-refractivity contribution < 1.29 is 9.84 Å². The maximum atomic E-state index is 8.99. The van der Waals surface area contributed by atoms with Gasteiger partial charge < -0.3 is 15.3 Å². The SMILES string of the molecule is COc1nc(C=N)c(O)s1. The van der Waals surface area contributed by atoms with Gasteiger partial charge in [0, 0.05) is 6.21 Å². The highest BCUT2D eigenvalue weighted by Gasteiger charge is 2.06. The summed E-state index contributed by atoms with van der Waals surface area (Å²) in [6, 6.07) is 0. The summed E-state index contributed by atoms with van der Waals surface area (Å²) in [5.41, 5.74) is 0.252. The van der Waals surface area contributed by atoms with E-state index in [1.807, 2.05) is 0 Å². The molecule has 0 aliphatic heterocycles. The Morgan fingerprint density at radius 3 is 2.80 bits per heavy atom. The molecule has 0 unspecified atom stereocenters. The van der Waals surface area contributed by atoms with Crippen LogP contribution in [0.4, 0.5) is 0 Å². The second-order valence-electron chi connectivity index (χ2n) is 1.52. The first-order chi connectivity index (χ1) is 4.77. The van der Waals surface area contributed by atoms with Crippen LogP contribution in [-0.4, -0.2) is 23.4 Å². The smallest absolute Gasteiger partial charge is 0.277 e. The van der Waals surface area contributed by atoms with E-state index in [1.54, 1.807) is 0 Å². The predicted octanol–water partition coefficient (Wildman–Crippen LogP) is 0.855. The van der Waals surface area contributed by atoms with E-state index < -0.39 is 0 Å². The number of aromatic hydroxyl groups is 1. The normalized spacial score (nSPS) is 9.30. The van der Waals surface area contributed by atoms with Crippen LogP contribution in [0.3, 0.4) is 0 Å². The summed E-state index contributed by atoms with van der Waals surface area (Å²) in [4.78, 5) is 3.75. The van der Waals surface area contributed by atoms with E-state index in [-0.39, 0.29) is 10.8 Å². The van der Waals surface area contributed by atoms with Gasteiger partial charge in [0.05, 0.1) is 7.11 Å². The molecule has 0 saturated carbocycles. The molecule has 0 amide bonds. The van der Waals surface area contributed by atoms with Crippen LogP contribution in [0, 0.1) is 5.41 Å². The van der Waals surface area contributed by atoms with E-state index in [9.17, 15) is 0 Å². The zero-order valence-electron chi connectivity index (χ0n) is 5.29. The molecule has 1 aromatic heterocycles. The minimum absolute atomic E-state index is 0.0202. The van der Waals surface area contributed by atoms with Crippen molar-refractivity contribution in [3.05, 3.63) is 5.69 Å². The van der Waals surface area contributed by atoms with Gasteiger partial charge >= 0.3 is 0 Å². The summed E-state index contributed by atoms with van der Waals surface area (Å²) in [7, 11) is 1.46. The molecule has 0 bridgehead atoms. The number of hydrogen-bond acceptors (Lipinski definition) is 5. The Balaban J connectivity index is 3.03. The van der Waals surface area contributed by atoms with Crippen molar-refractivity contribution in [2.75, 3.05) is 7.11 Å². The fraction of sp³-hybridized carbons (Fsp3) is 0.200. The van der Waals surface area contributed by atoms with Crippen molar-refractivity contribution >= 4 is 17.6 Å². The monoisotopic (exact) mass is 158 g/mol. The van der Waals surface area contributed by atoms with Crippen molar-refractivity contribution in [3.63, 3.8) is 0 Å². The van der Waals surface area contributed by atoms with E-state index >= 15 is 0 Å². The summed E-state index contributed by atoms with van der Waals surface area (Å²) in [5, 5.41) is 16.2. The van der Waals surface area contributed by atoms with E-state index in [0.717, 1.165) is 17.6 Å². The van der Waals surface area contributed by atoms with Crippen molar-refractivity contribution in [1.82, 2.24) is 4.98 Å². The molecule has 0 saturated heterocycles. The van der Waals surface area contributed by atoms with Crippen LogP contribution >= 0.6 is 11.3 Å². The minimum Gasteiger partial charge on any atom is -0.498 e. The fourth-order valence-corrected chi connectivity index (χ4v) is 1.09. The van der Waals surface area contributed by atoms with Crippen molar-refractivity contribution in [2.45, 2.75) is 0 Å². The molecule has 0 fully saturated rings. The molecule has 54 valence electrons. The van der Waals surface area contributed by atoms with Crippen molar-refractivity contribution in [1.29, 1.82) is 5.41 Å². The molecule has 0 aromatic carbocycles. The number of methoxy groups -OCH3 is 1. The van der Waals surface area contributed by atoms with Crippen LogP contribution in [0.25, 0.3) is 0 Å². The van der Waals surface area contributed by atoms with Gasteiger partial charge in [-0.25, -0.2) is 0 Å². The predicted molar refractivity (Wildman–Crippen MR) is 38.2 cm³/mol. The standard InChI is InChI=1S/C5H6N2O2S/c1-9-5-7-3(2-6)4(8)10-5/h2,6,8H,1H3. The summed E-state index contributed by atoms with van der Waals surface area (Å²) in [6.45, 7) is 0. The first-order valence-electron chi connectivity index (χ1n) is 2.52. The topological polar surface area (TPSA) is 66.2 Å². The summed E-state index contributed by atoms with van der Waals surface area (Å²) >= 11 is 1.01. The van der Waals surface area contributed by atoms with Gasteiger partial charge in [0.1, 0.15) is 5.69 Å². The zero-order chi connectivity index (χ0) is 7.56. The van der Waals surface area contributed by atoms with Gasteiger partial charge in [0.25, 0.3) is 5.19 Å². The third kappa shape index (κ3) is 1.08. The van der Waals surface area contributed by atoms with E-state index in [4.69, 9.17) is 15.3 Å². The van der Waals surface area contributed by atoms with Gasteiger partial charge in [-0.15, -0.1) is 0 Å². The molecule has 1 aromatic rings. The van der Waals surface area contributed by atoms with E-state index in [2.05, 4.69) is 4.98 Å². The highest BCUT2D eigenvalue weighted by atomic mass is 32.1. The molecule has 0 aliphatic rings. The molecule has 4 nitrogen and oxygen atoms in total. The Hall–Kier alpha value is -1.10. The zero-order valence-corrected chi connectivity index (χ0v) is 6.10. The Bertz CT molecular complexity index is 246. The molecule has 1 rings (SSSR count). The number of nitrogens with one attached hydrogen (secondary N) is 1. The minimum atomic E-state index is 0.0202. The van der Waals surface area contributed by atoms with Crippen LogP contribution in [0.1, 0.15) is 5.69 Å². The lowest BCUT2D eigenvalue weighted by atomic mass is 10.5. The molecule has 5 heteroatoms. The lowest BCUT2D eigenvalue weighted by molar-refractivity contribution is 0.411. The Labute approximate surface area is 61.6 Å². The second-order valence-corrected chi connectivity index (χ2v) is 2.46. The van der Waals surface area contributed by atoms with Crippen LogP contribution in [-0.2, 0) is 0 Å². The van der Waals surface area contributed by atoms with Gasteiger partial charge in [-0.05, 0) is 11.3 Å². The third-order valence-electron chi connectivity index (χ3n) is 0.926. The number of nitrogens with zero attached hydrogens (tertiary/aromatic N) is 1. The molecule has 0 radical (unpaired) electrons. The quantitative estimate of drug-likeness (QED) is 0.627. The maximum absolute atomic E-state index is 8.99. The molecule has 0 spiro atoms. The average Bonchev–Trinajstić information content (AvgIpc) is 2.30. The first-order valence-corrected chi connectivity index (χ1v) is 3.34.